The smallest absolute Gasteiger partial charge is 0.313 e. The predicted molar refractivity (Wildman–Crippen MR) is 93.9 cm³/mol. The molecule has 2 aromatic carbocycles. The molecule has 0 saturated heterocycles. The minimum atomic E-state index is -0.929. The van der Waals surface area contributed by atoms with E-state index in [1.54, 1.807) is 0 Å². The first kappa shape index (κ1) is 17.4. The monoisotopic (exact) mass is 348 g/mol. The van der Waals surface area contributed by atoms with Crippen LogP contribution in [0.15, 0.2) is 60.7 Å². The molecule has 0 radical (unpaired) electrons. The van der Waals surface area contributed by atoms with E-state index in [0.717, 1.165) is 11.1 Å². The fraction of sp³-hybridized carbons (Fsp3) is 0.176. The van der Waals surface area contributed by atoms with Gasteiger partial charge in [0.2, 0.25) is 0 Å². The van der Waals surface area contributed by atoms with Crippen LogP contribution < -0.4 is 0 Å². The maximum Gasteiger partial charge on any atom is 0.313 e. The van der Waals surface area contributed by atoms with Gasteiger partial charge >= 0.3 is 11.9 Å². The van der Waals surface area contributed by atoms with Crippen LogP contribution in [0.3, 0.4) is 0 Å². The maximum absolute atomic E-state index is 11.1. The quantitative estimate of drug-likeness (QED) is 0.711. The third-order valence-corrected chi connectivity index (χ3v) is 6.35. The molecule has 23 heavy (non-hydrogen) atoms. The van der Waals surface area contributed by atoms with Gasteiger partial charge in [0.25, 0.3) is 0 Å². The molecule has 0 aliphatic carbocycles. The molecule has 0 bridgehead atoms. The lowest BCUT2D eigenvalue weighted by molar-refractivity contribution is -0.134. The van der Waals surface area contributed by atoms with Crippen LogP contribution in [-0.2, 0) is 13.7 Å². The Morgan fingerprint density at radius 2 is 1.09 bits per heavy atom. The third kappa shape index (κ3) is 4.53. The number of rotatable bonds is 8. The van der Waals surface area contributed by atoms with E-state index in [9.17, 15) is 9.59 Å². The largest absolute Gasteiger partial charge is 0.481 e. The highest BCUT2D eigenvalue weighted by Gasteiger charge is 2.36. The van der Waals surface area contributed by atoms with Crippen molar-refractivity contribution in [3.63, 3.8) is 0 Å². The van der Waals surface area contributed by atoms with Crippen LogP contribution in [0.4, 0.5) is 0 Å². The number of carboxylic acid groups (broad SMARTS) is 2. The van der Waals surface area contributed by atoms with Crippen molar-refractivity contribution in [2.45, 2.75) is 4.08 Å². The first-order valence-corrected chi connectivity index (χ1v) is 8.84. The molecule has 120 valence electrons. The van der Waals surface area contributed by atoms with Crippen LogP contribution in [0, 0.1) is 0 Å². The van der Waals surface area contributed by atoms with E-state index in [4.69, 9.17) is 10.2 Å². The molecule has 0 spiro atoms. The predicted octanol–water partition coefficient (Wildman–Crippen LogP) is 3.52. The lowest BCUT2D eigenvalue weighted by Gasteiger charge is -2.33. The molecule has 0 unspecified atom stereocenters. The first-order valence-electron chi connectivity index (χ1n) is 6.87. The summed E-state index contributed by atoms with van der Waals surface area (Å²) < 4.78 is -0.778. The minimum Gasteiger partial charge on any atom is -0.481 e. The summed E-state index contributed by atoms with van der Waals surface area (Å²) >= 11 is 2.45. The van der Waals surface area contributed by atoms with E-state index >= 15 is 0 Å². The Kier molecular flexibility index (Phi) is 6.12. The summed E-state index contributed by atoms with van der Waals surface area (Å²) in [6, 6.07) is 18.8. The van der Waals surface area contributed by atoms with Crippen molar-refractivity contribution in [2.75, 3.05) is 11.5 Å². The number of hydrogen-bond acceptors (Lipinski definition) is 4. The van der Waals surface area contributed by atoms with Crippen LogP contribution in [0.2, 0.25) is 0 Å². The Labute approximate surface area is 142 Å². The van der Waals surface area contributed by atoms with Crippen molar-refractivity contribution < 1.29 is 19.8 Å². The van der Waals surface area contributed by atoms with Gasteiger partial charge in [0.05, 0.1) is 11.5 Å². The molecular weight excluding hydrogens is 332 g/mol. The second-order valence-corrected chi connectivity index (χ2v) is 7.35. The Hall–Kier alpha value is -1.92. The molecule has 2 rings (SSSR count). The second kappa shape index (κ2) is 8.08. The van der Waals surface area contributed by atoms with Crippen LogP contribution >= 0.6 is 23.5 Å². The standard InChI is InChI=1S/C17H16O4S2/c18-15(19)11-22-17(23-12-16(20)21,13-7-3-1-4-8-13)14-9-5-2-6-10-14/h1-10H,11-12H2,(H,18,19)(H,20,21). The van der Waals surface area contributed by atoms with Crippen molar-refractivity contribution in [3.8, 4) is 0 Å². The Morgan fingerprint density at radius 1 is 0.739 bits per heavy atom. The zero-order chi connectivity index (χ0) is 16.7. The Morgan fingerprint density at radius 3 is 1.39 bits per heavy atom. The molecule has 0 heterocycles. The Balaban J connectivity index is 2.52. The summed E-state index contributed by atoms with van der Waals surface area (Å²) in [6.45, 7) is 0. The lowest BCUT2D eigenvalue weighted by Crippen LogP contribution is -2.23. The average Bonchev–Trinajstić information content (AvgIpc) is 2.56. The fourth-order valence-corrected chi connectivity index (χ4v) is 4.73. The van der Waals surface area contributed by atoms with Crippen molar-refractivity contribution in [3.05, 3.63) is 71.8 Å². The topological polar surface area (TPSA) is 74.6 Å². The molecule has 0 aromatic heterocycles. The van der Waals surface area contributed by atoms with Crippen LogP contribution in [0.5, 0.6) is 0 Å². The molecule has 2 N–H and O–H groups in total. The van der Waals surface area contributed by atoms with Gasteiger partial charge in [-0.05, 0) is 11.1 Å². The second-order valence-electron chi connectivity index (χ2n) is 4.71. The molecule has 0 aliphatic rings. The number of carboxylic acids is 2. The van der Waals surface area contributed by atoms with Crippen molar-refractivity contribution in [1.29, 1.82) is 0 Å². The van der Waals surface area contributed by atoms with Gasteiger partial charge in [0.1, 0.15) is 4.08 Å². The summed E-state index contributed by atoms with van der Waals surface area (Å²) in [5.41, 5.74) is 1.76. The van der Waals surface area contributed by atoms with Crippen LogP contribution in [0.1, 0.15) is 11.1 Å². The highest BCUT2D eigenvalue weighted by molar-refractivity contribution is 8.18. The summed E-state index contributed by atoms with van der Waals surface area (Å²) in [5.74, 6) is -2.09. The highest BCUT2D eigenvalue weighted by atomic mass is 32.2. The molecule has 0 aliphatic heterocycles. The van der Waals surface area contributed by atoms with E-state index in [-0.39, 0.29) is 11.5 Å². The molecule has 2 aromatic rings. The molecule has 0 saturated carbocycles. The molecule has 4 nitrogen and oxygen atoms in total. The van der Waals surface area contributed by atoms with E-state index < -0.39 is 16.0 Å². The van der Waals surface area contributed by atoms with Gasteiger partial charge in [0.15, 0.2) is 0 Å². The van der Waals surface area contributed by atoms with Gasteiger partial charge < -0.3 is 10.2 Å². The number of aliphatic carboxylic acids is 2. The van der Waals surface area contributed by atoms with Gasteiger partial charge in [-0.25, -0.2) is 0 Å². The van der Waals surface area contributed by atoms with E-state index in [0.29, 0.717) is 0 Å². The Bertz CT molecular complexity index is 599. The van der Waals surface area contributed by atoms with Gasteiger partial charge in [-0.3, -0.25) is 9.59 Å². The third-order valence-electron chi connectivity index (χ3n) is 3.11. The zero-order valence-electron chi connectivity index (χ0n) is 12.2. The van der Waals surface area contributed by atoms with E-state index in [1.807, 2.05) is 60.7 Å². The average molecular weight is 348 g/mol. The SMILES string of the molecule is O=C(O)CSC(SCC(=O)O)(c1ccccc1)c1ccccc1. The van der Waals surface area contributed by atoms with Gasteiger partial charge in [-0.1, -0.05) is 60.7 Å². The number of hydrogen-bond donors (Lipinski definition) is 2. The highest BCUT2D eigenvalue weighted by Crippen LogP contribution is 2.51. The van der Waals surface area contributed by atoms with Gasteiger partial charge in [-0.2, -0.15) is 0 Å². The van der Waals surface area contributed by atoms with Gasteiger partial charge in [-0.15, -0.1) is 23.5 Å². The van der Waals surface area contributed by atoms with Crippen LogP contribution in [0.25, 0.3) is 0 Å². The van der Waals surface area contributed by atoms with Gasteiger partial charge in [0, 0.05) is 0 Å². The molecule has 0 amide bonds. The molecule has 0 atom stereocenters. The summed E-state index contributed by atoms with van der Waals surface area (Å²) in [5, 5.41) is 18.2. The first-order chi connectivity index (χ1) is 11.0. The van der Waals surface area contributed by atoms with Crippen molar-refractivity contribution in [2.24, 2.45) is 0 Å². The van der Waals surface area contributed by atoms with Crippen molar-refractivity contribution >= 4 is 35.5 Å². The normalized spacial score (nSPS) is 11.1. The van der Waals surface area contributed by atoms with Crippen LogP contribution in [-0.4, -0.2) is 33.7 Å². The molecular formula is C17H16O4S2. The van der Waals surface area contributed by atoms with Crippen molar-refractivity contribution in [1.82, 2.24) is 0 Å². The summed E-state index contributed by atoms with van der Waals surface area (Å²) in [7, 11) is 0. The lowest BCUT2D eigenvalue weighted by atomic mass is 10.0. The fourth-order valence-electron chi connectivity index (χ4n) is 2.18. The number of benzene rings is 2. The maximum atomic E-state index is 11.1. The summed E-state index contributed by atoms with van der Waals surface area (Å²) in [6.07, 6.45) is 0. The summed E-state index contributed by atoms with van der Waals surface area (Å²) in [4.78, 5) is 22.2. The van der Waals surface area contributed by atoms with E-state index in [2.05, 4.69) is 0 Å². The number of thioether (sulfide) groups is 2. The number of carbonyl (C=O) groups is 2. The zero-order valence-corrected chi connectivity index (χ0v) is 13.8. The van der Waals surface area contributed by atoms with E-state index in [1.165, 1.54) is 23.5 Å². The molecule has 0 fully saturated rings. The minimum absolute atomic E-state index is 0.115. The molecule has 6 heteroatoms.